The lowest BCUT2D eigenvalue weighted by Crippen LogP contribution is -2.22. The summed E-state index contributed by atoms with van der Waals surface area (Å²) in [6, 6.07) is 9.95. The van der Waals surface area contributed by atoms with Gasteiger partial charge in [-0.05, 0) is 60.2 Å². The predicted octanol–water partition coefficient (Wildman–Crippen LogP) is 4.15. The van der Waals surface area contributed by atoms with Crippen molar-refractivity contribution in [2.75, 3.05) is 6.54 Å². The highest BCUT2D eigenvalue weighted by atomic mass is 19.1. The van der Waals surface area contributed by atoms with Crippen LogP contribution in [0.1, 0.15) is 41.6 Å². The first-order chi connectivity index (χ1) is 10.2. The second-order valence-electron chi connectivity index (χ2n) is 5.58. The van der Waals surface area contributed by atoms with Gasteiger partial charge in [0.2, 0.25) is 0 Å². The number of hydrogen-bond donors (Lipinski definition) is 1. The molecule has 0 fully saturated rings. The molecule has 3 rings (SSSR count). The van der Waals surface area contributed by atoms with Crippen LogP contribution in [-0.2, 0) is 12.8 Å². The molecule has 1 unspecified atom stereocenters. The van der Waals surface area contributed by atoms with Crippen LogP contribution >= 0.6 is 0 Å². The smallest absolute Gasteiger partial charge is 0.126 e. The van der Waals surface area contributed by atoms with Crippen molar-refractivity contribution in [3.63, 3.8) is 0 Å². The summed E-state index contributed by atoms with van der Waals surface area (Å²) in [6.45, 7) is 2.73. The minimum atomic E-state index is -0.533. The predicted molar refractivity (Wildman–Crippen MR) is 80.3 cm³/mol. The quantitative estimate of drug-likeness (QED) is 0.890. The Hall–Kier alpha value is -1.74. The summed E-state index contributed by atoms with van der Waals surface area (Å²) < 4.78 is 27.0. The van der Waals surface area contributed by atoms with E-state index in [0.717, 1.165) is 31.0 Å². The van der Waals surface area contributed by atoms with E-state index in [-0.39, 0.29) is 6.04 Å². The Labute approximate surface area is 124 Å². The Morgan fingerprint density at radius 2 is 1.67 bits per heavy atom. The molecule has 0 heterocycles. The van der Waals surface area contributed by atoms with Gasteiger partial charge in [-0.3, -0.25) is 0 Å². The molecule has 21 heavy (non-hydrogen) atoms. The van der Waals surface area contributed by atoms with Gasteiger partial charge in [-0.15, -0.1) is 0 Å². The van der Waals surface area contributed by atoms with Gasteiger partial charge in [0, 0.05) is 6.07 Å². The number of benzene rings is 2. The van der Waals surface area contributed by atoms with Gasteiger partial charge < -0.3 is 5.32 Å². The molecule has 2 aromatic carbocycles. The molecule has 0 amide bonds. The molecule has 0 spiro atoms. The highest BCUT2D eigenvalue weighted by Gasteiger charge is 2.18. The van der Waals surface area contributed by atoms with Gasteiger partial charge in [-0.2, -0.15) is 0 Å². The van der Waals surface area contributed by atoms with Crippen molar-refractivity contribution in [3.8, 4) is 0 Å². The van der Waals surface area contributed by atoms with Crippen LogP contribution in [0.25, 0.3) is 0 Å². The highest BCUT2D eigenvalue weighted by molar-refractivity contribution is 5.40. The Bertz CT molecular complexity index is 631. The molecular weight excluding hydrogens is 268 g/mol. The molecule has 0 aliphatic heterocycles. The number of nitrogens with one attached hydrogen (secondary N) is 1. The van der Waals surface area contributed by atoms with Crippen LogP contribution in [0.4, 0.5) is 8.78 Å². The molecule has 0 saturated heterocycles. The van der Waals surface area contributed by atoms with Gasteiger partial charge in [0.05, 0.1) is 6.04 Å². The summed E-state index contributed by atoms with van der Waals surface area (Å²) in [6.07, 6.45) is 3.43. The number of rotatable bonds is 4. The van der Waals surface area contributed by atoms with Gasteiger partial charge in [0.1, 0.15) is 11.6 Å². The lowest BCUT2D eigenvalue weighted by atomic mass is 9.95. The van der Waals surface area contributed by atoms with E-state index in [9.17, 15) is 8.78 Å². The fourth-order valence-corrected chi connectivity index (χ4v) is 3.15. The topological polar surface area (TPSA) is 12.0 Å². The summed E-state index contributed by atoms with van der Waals surface area (Å²) >= 11 is 0. The molecule has 110 valence electrons. The van der Waals surface area contributed by atoms with Crippen LogP contribution in [0, 0.1) is 11.6 Å². The lowest BCUT2D eigenvalue weighted by Gasteiger charge is -2.20. The van der Waals surface area contributed by atoms with E-state index >= 15 is 0 Å². The summed E-state index contributed by atoms with van der Waals surface area (Å²) in [5, 5.41) is 3.33. The van der Waals surface area contributed by atoms with Crippen LogP contribution in [0.5, 0.6) is 0 Å². The van der Waals surface area contributed by atoms with E-state index < -0.39 is 11.6 Å². The summed E-state index contributed by atoms with van der Waals surface area (Å²) in [5.74, 6) is -1.07. The number of halogens is 2. The summed E-state index contributed by atoms with van der Waals surface area (Å²) in [7, 11) is 0. The monoisotopic (exact) mass is 287 g/mol. The van der Waals surface area contributed by atoms with E-state index in [1.807, 2.05) is 6.92 Å². The molecule has 2 aromatic rings. The molecule has 0 radical (unpaired) electrons. The van der Waals surface area contributed by atoms with Gasteiger partial charge >= 0.3 is 0 Å². The van der Waals surface area contributed by atoms with Crippen LogP contribution in [0.3, 0.4) is 0 Å². The van der Waals surface area contributed by atoms with Crippen molar-refractivity contribution in [2.24, 2.45) is 0 Å². The summed E-state index contributed by atoms with van der Waals surface area (Å²) in [4.78, 5) is 0. The van der Waals surface area contributed by atoms with Crippen LogP contribution in [0.15, 0.2) is 36.4 Å². The molecule has 3 heteroatoms. The van der Waals surface area contributed by atoms with Gasteiger partial charge in [-0.1, -0.05) is 25.1 Å². The van der Waals surface area contributed by atoms with E-state index in [2.05, 4.69) is 23.5 Å². The molecule has 1 N–H and O–H groups in total. The molecule has 0 aromatic heterocycles. The normalized spacial score (nSPS) is 15.0. The van der Waals surface area contributed by atoms with Gasteiger partial charge in [-0.25, -0.2) is 8.78 Å². The zero-order chi connectivity index (χ0) is 14.8. The lowest BCUT2D eigenvalue weighted by molar-refractivity contribution is 0.565. The van der Waals surface area contributed by atoms with Crippen molar-refractivity contribution < 1.29 is 8.78 Å². The number of aryl methyl sites for hydroxylation is 2. The maximum absolute atomic E-state index is 13.5. The maximum Gasteiger partial charge on any atom is 0.126 e. The van der Waals surface area contributed by atoms with Crippen LogP contribution in [-0.4, -0.2) is 6.54 Å². The van der Waals surface area contributed by atoms with Crippen molar-refractivity contribution in [2.45, 2.75) is 32.2 Å². The minimum Gasteiger partial charge on any atom is -0.307 e. The fraction of sp³-hybridized carbons (Fsp3) is 0.333. The Kier molecular flexibility index (Phi) is 4.02. The first-order valence-corrected chi connectivity index (χ1v) is 7.48. The average molecular weight is 287 g/mol. The average Bonchev–Trinajstić information content (AvgIpc) is 2.91. The Morgan fingerprint density at radius 3 is 2.38 bits per heavy atom. The molecular formula is C18H19F2N. The first kappa shape index (κ1) is 14.2. The van der Waals surface area contributed by atoms with E-state index in [1.165, 1.54) is 29.7 Å². The molecule has 0 bridgehead atoms. The zero-order valence-electron chi connectivity index (χ0n) is 12.1. The molecule has 0 saturated carbocycles. The molecule has 1 aliphatic rings. The molecule has 1 atom stereocenters. The molecule has 1 aliphatic carbocycles. The van der Waals surface area contributed by atoms with Crippen molar-refractivity contribution in [3.05, 3.63) is 70.3 Å². The van der Waals surface area contributed by atoms with E-state index in [0.29, 0.717) is 5.56 Å². The third-order valence-electron chi connectivity index (χ3n) is 4.08. The molecule has 1 nitrogen and oxygen atoms in total. The van der Waals surface area contributed by atoms with Crippen LogP contribution in [0.2, 0.25) is 0 Å². The van der Waals surface area contributed by atoms with Gasteiger partial charge in [0.25, 0.3) is 0 Å². The number of hydrogen-bond acceptors (Lipinski definition) is 1. The van der Waals surface area contributed by atoms with Crippen molar-refractivity contribution in [1.82, 2.24) is 5.32 Å². The van der Waals surface area contributed by atoms with Crippen molar-refractivity contribution >= 4 is 0 Å². The largest absolute Gasteiger partial charge is 0.307 e. The zero-order valence-corrected chi connectivity index (χ0v) is 12.1. The summed E-state index contributed by atoms with van der Waals surface area (Å²) in [5.41, 5.74) is 4.47. The van der Waals surface area contributed by atoms with E-state index in [4.69, 9.17) is 0 Å². The highest BCUT2D eigenvalue weighted by Crippen LogP contribution is 2.29. The minimum absolute atomic E-state index is 0.175. The second kappa shape index (κ2) is 5.94. The second-order valence-corrected chi connectivity index (χ2v) is 5.58. The SMILES string of the molecule is CCNC(c1cc(F)cc(F)c1)c1ccc2c(c1)CCC2. The third kappa shape index (κ3) is 2.98. The Morgan fingerprint density at radius 1 is 0.952 bits per heavy atom. The van der Waals surface area contributed by atoms with Gasteiger partial charge in [0.15, 0.2) is 0 Å². The Balaban J connectivity index is 2.01. The van der Waals surface area contributed by atoms with Crippen LogP contribution < -0.4 is 5.32 Å². The number of fused-ring (bicyclic) bond motifs is 1. The third-order valence-corrected chi connectivity index (χ3v) is 4.08. The maximum atomic E-state index is 13.5. The van der Waals surface area contributed by atoms with E-state index in [1.54, 1.807) is 0 Å². The van der Waals surface area contributed by atoms with Crippen molar-refractivity contribution in [1.29, 1.82) is 0 Å². The first-order valence-electron chi connectivity index (χ1n) is 7.48. The fourth-order valence-electron chi connectivity index (χ4n) is 3.15. The standard InChI is InChI=1S/C18H19F2N/c1-2-21-18(15-9-16(19)11-17(20)10-15)14-7-6-12-4-3-5-13(12)8-14/h6-11,18,21H,2-5H2,1H3.